The van der Waals surface area contributed by atoms with Crippen LogP contribution in [-0.4, -0.2) is 31.0 Å². The van der Waals surface area contributed by atoms with Gasteiger partial charge in [-0.25, -0.2) is 8.42 Å². The van der Waals surface area contributed by atoms with Crippen LogP contribution in [0.15, 0.2) is 30.3 Å². The fourth-order valence-corrected chi connectivity index (χ4v) is 4.20. The molecule has 0 radical (unpaired) electrons. The van der Waals surface area contributed by atoms with E-state index >= 15 is 0 Å². The number of carboxylic acids is 1. The Labute approximate surface area is 100 Å². The van der Waals surface area contributed by atoms with Crippen LogP contribution in [0, 0.1) is 5.92 Å². The summed E-state index contributed by atoms with van der Waals surface area (Å²) in [6, 6.07) is 8.84. The fourth-order valence-electron chi connectivity index (χ4n) is 2.36. The van der Waals surface area contributed by atoms with E-state index in [0.29, 0.717) is 12.0 Å². The Balaban J connectivity index is 2.29. The molecule has 1 saturated heterocycles. The first-order valence-electron chi connectivity index (χ1n) is 5.48. The molecule has 0 saturated carbocycles. The summed E-state index contributed by atoms with van der Waals surface area (Å²) in [4.78, 5) is 11.3. The molecule has 1 aliphatic rings. The van der Waals surface area contributed by atoms with Gasteiger partial charge in [-0.05, 0) is 17.9 Å². The molecule has 0 spiro atoms. The summed E-state index contributed by atoms with van der Waals surface area (Å²) in [7, 11) is -3.05. The summed E-state index contributed by atoms with van der Waals surface area (Å²) in [6.45, 7) is 0. The number of hydrogen-bond donors (Lipinski definition) is 1. The molecule has 0 aliphatic carbocycles. The van der Waals surface area contributed by atoms with Gasteiger partial charge >= 0.3 is 5.97 Å². The maximum Gasteiger partial charge on any atom is 0.311 e. The van der Waals surface area contributed by atoms with Crippen molar-refractivity contribution in [3.05, 3.63) is 35.9 Å². The molecule has 17 heavy (non-hydrogen) atoms. The molecule has 0 bridgehead atoms. The predicted octanol–water partition coefficient (Wildman–Crippen LogP) is 1.29. The molecule has 1 heterocycles. The van der Waals surface area contributed by atoms with Crippen LogP contribution in [-0.2, 0) is 14.6 Å². The van der Waals surface area contributed by atoms with Crippen LogP contribution in [0.4, 0.5) is 0 Å². The number of sulfone groups is 1. The second kappa shape index (κ2) is 4.49. The molecule has 1 aromatic rings. The smallest absolute Gasteiger partial charge is 0.311 e. The maximum atomic E-state index is 11.4. The van der Waals surface area contributed by atoms with Crippen molar-refractivity contribution in [3.8, 4) is 0 Å². The third kappa shape index (κ3) is 2.66. The molecule has 2 rings (SSSR count). The minimum atomic E-state index is -3.05. The van der Waals surface area contributed by atoms with Crippen LogP contribution >= 0.6 is 0 Å². The summed E-state index contributed by atoms with van der Waals surface area (Å²) in [5, 5.41) is 9.26. The van der Waals surface area contributed by atoms with Crippen LogP contribution in [0.2, 0.25) is 0 Å². The first-order valence-corrected chi connectivity index (χ1v) is 7.30. The second-order valence-corrected chi connectivity index (χ2v) is 6.62. The predicted molar refractivity (Wildman–Crippen MR) is 63.6 cm³/mol. The standard InChI is InChI=1S/C12H14O4S/c13-12(14)11(9-4-2-1-3-5-9)10-6-7-17(15,16)8-10/h1-5,10-11H,6-8H2,(H,13,14). The van der Waals surface area contributed by atoms with Crippen molar-refractivity contribution < 1.29 is 18.3 Å². The van der Waals surface area contributed by atoms with E-state index in [1.165, 1.54) is 0 Å². The van der Waals surface area contributed by atoms with E-state index in [4.69, 9.17) is 0 Å². The number of carbonyl (C=O) groups is 1. The summed E-state index contributed by atoms with van der Waals surface area (Å²) in [5.74, 6) is -1.88. The Hall–Kier alpha value is -1.36. The van der Waals surface area contributed by atoms with E-state index < -0.39 is 21.7 Å². The molecule has 1 fully saturated rings. The van der Waals surface area contributed by atoms with Gasteiger partial charge in [0.1, 0.15) is 0 Å². The van der Waals surface area contributed by atoms with Crippen LogP contribution < -0.4 is 0 Å². The topological polar surface area (TPSA) is 71.4 Å². The quantitative estimate of drug-likeness (QED) is 0.882. The molecule has 1 aliphatic heterocycles. The van der Waals surface area contributed by atoms with Crippen molar-refractivity contribution in [3.63, 3.8) is 0 Å². The molecule has 1 N–H and O–H groups in total. The van der Waals surface area contributed by atoms with Gasteiger partial charge in [0, 0.05) is 0 Å². The van der Waals surface area contributed by atoms with Crippen LogP contribution in [0.3, 0.4) is 0 Å². The third-order valence-corrected chi connectivity index (χ3v) is 4.96. The van der Waals surface area contributed by atoms with Crippen molar-refractivity contribution in [2.45, 2.75) is 12.3 Å². The van der Waals surface area contributed by atoms with Crippen molar-refractivity contribution >= 4 is 15.8 Å². The zero-order valence-electron chi connectivity index (χ0n) is 9.24. The molecule has 2 atom stereocenters. The summed E-state index contributed by atoms with van der Waals surface area (Å²) in [5.41, 5.74) is 0.683. The lowest BCUT2D eigenvalue weighted by Crippen LogP contribution is -2.22. The van der Waals surface area contributed by atoms with Crippen molar-refractivity contribution in [1.82, 2.24) is 0 Å². The van der Waals surface area contributed by atoms with Crippen molar-refractivity contribution in [2.24, 2.45) is 5.92 Å². The lowest BCUT2D eigenvalue weighted by atomic mass is 9.86. The zero-order chi connectivity index (χ0) is 12.5. The van der Waals surface area contributed by atoms with Crippen LogP contribution in [0.1, 0.15) is 17.9 Å². The molecule has 5 heteroatoms. The molecule has 0 amide bonds. The average molecular weight is 254 g/mol. The Bertz CT molecular complexity index is 507. The van der Waals surface area contributed by atoms with Gasteiger partial charge in [-0.1, -0.05) is 30.3 Å². The number of carboxylic acid groups (broad SMARTS) is 1. The summed E-state index contributed by atoms with van der Waals surface area (Å²) < 4.78 is 22.8. The number of hydrogen-bond acceptors (Lipinski definition) is 3. The highest BCUT2D eigenvalue weighted by Gasteiger charge is 2.38. The largest absolute Gasteiger partial charge is 0.481 e. The van der Waals surface area contributed by atoms with Gasteiger partial charge < -0.3 is 5.11 Å². The fraction of sp³-hybridized carbons (Fsp3) is 0.417. The number of rotatable bonds is 3. The SMILES string of the molecule is O=C(O)C(c1ccccc1)C1CCS(=O)(=O)C1. The first-order chi connectivity index (χ1) is 7.99. The summed E-state index contributed by atoms with van der Waals surface area (Å²) >= 11 is 0. The minimum Gasteiger partial charge on any atom is -0.481 e. The van der Waals surface area contributed by atoms with Gasteiger partial charge in [0.25, 0.3) is 0 Å². The minimum absolute atomic E-state index is 0.0150. The zero-order valence-corrected chi connectivity index (χ0v) is 10.1. The number of aliphatic carboxylic acids is 1. The van der Waals surface area contributed by atoms with Crippen molar-refractivity contribution in [1.29, 1.82) is 0 Å². The lowest BCUT2D eigenvalue weighted by molar-refractivity contribution is -0.140. The van der Waals surface area contributed by atoms with Gasteiger partial charge in [0.05, 0.1) is 17.4 Å². The molecule has 0 aromatic heterocycles. The Morgan fingerprint density at radius 3 is 2.41 bits per heavy atom. The third-order valence-electron chi connectivity index (χ3n) is 3.16. The highest BCUT2D eigenvalue weighted by atomic mass is 32.2. The Morgan fingerprint density at radius 1 is 1.29 bits per heavy atom. The van der Waals surface area contributed by atoms with Gasteiger partial charge in [-0.15, -0.1) is 0 Å². The van der Waals surface area contributed by atoms with E-state index in [-0.39, 0.29) is 17.4 Å². The van der Waals surface area contributed by atoms with E-state index in [9.17, 15) is 18.3 Å². The monoisotopic (exact) mass is 254 g/mol. The Morgan fingerprint density at radius 2 is 1.94 bits per heavy atom. The molecule has 2 unspecified atom stereocenters. The first kappa shape index (κ1) is 12.1. The van der Waals surface area contributed by atoms with Gasteiger partial charge in [-0.3, -0.25) is 4.79 Å². The normalized spacial score (nSPS) is 24.4. The van der Waals surface area contributed by atoms with Gasteiger partial charge in [0.15, 0.2) is 9.84 Å². The molecule has 1 aromatic carbocycles. The van der Waals surface area contributed by atoms with Gasteiger partial charge in [0.2, 0.25) is 0 Å². The van der Waals surface area contributed by atoms with E-state index in [0.717, 1.165) is 0 Å². The van der Waals surface area contributed by atoms with Crippen molar-refractivity contribution in [2.75, 3.05) is 11.5 Å². The van der Waals surface area contributed by atoms with E-state index in [1.807, 2.05) is 6.07 Å². The summed E-state index contributed by atoms with van der Waals surface area (Å²) in [6.07, 6.45) is 0.439. The van der Waals surface area contributed by atoms with E-state index in [2.05, 4.69) is 0 Å². The molecular formula is C12H14O4S. The van der Waals surface area contributed by atoms with Crippen LogP contribution in [0.25, 0.3) is 0 Å². The lowest BCUT2D eigenvalue weighted by Gasteiger charge is -2.18. The Kier molecular flexibility index (Phi) is 3.19. The molecular weight excluding hydrogens is 240 g/mol. The average Bonchev–Trinajstić information content (AvgIpc) is 2.60. The second-order valence-electron chi connectivity index (χ2n) is 4.39. The highest BCUT2D eigenvalue weighted by molar-refractivity contribution is 7.91. The maximum absolute atomic E-state index is 11.4. The van der Waals surface area contributed by atoms with Gasteiger partial charge in [-0.2, -0.15) is 0 Å². The van der Waals surface area contributed by atoms with E-state index in [1.54, 1.807) is 24.3 Å². The number of benzene rings is 1. The van der Waals surface area contributed by atoms with Crippen LogP contribution in [0.5, 0.6) is 0 Å². The molecule has 92 valence electrons. The molecule has 4 nitrogen and oxygen atoms in total. The highest BCUT2D eigenvalue weighted by Crippen LogP contribution is 2.33.